The van der Waals surface area contributed by atoms with E-state index in [2.05, 4.69) is 9.97 Å². The third kappa shape index (κ3) is 4.98. The Morgan fingerprint density at radius 2 is 2.00 bits per heavy atom. The van der Waals surface area contributed by atoms with Crippen molar-refractivity contribution in [3.63, 3.8) is 0 Å². The molecule has 1 heterocycles. The van der Waals surface area contributed by atoms with Crippen LogP contribution in [0.4, 0.5) is 24.8 Å². The van der Waals surface area contributed by atoms with Crippen LogP contribution in [-0.4, -0.2) is 23.1 Å². The van der Waals surface area contributed by atoms with Crippen molar-refractivity contribution >= 4 is 23.2 Å². The molecule has 0 bridgehead atoms. The van der Waals surface area contributed by atoms with Gasteiger partial charge in [0, 0.05) is 23.5 Å². The average Bonchev–Trinajstić information content (AvgIpc) is 2.55. The summed E-state index contributed by atoms with van der Waals surface area (Å²) >= 11 is 5.99. The van der Waals surface area contributed by atoms with E-state index >= 15 is 0 Å². The second-order valence-electron chi connectivity index (χ2n) is 5.31. The zero-order valence-corrected chi connectivity index (χ0v) is 14.7. The second kappa shape index (κ2) is 8.38. The van der Waals surface area contributed by atoms with Crippen molar-refractivity contribution in [2.24, 2.45) is 0 Å². The summed E-state index contributed by atoms with van der Waals surface area (Å²) < 4.78 is 44.7. The number of nitrogens with zero attached hydrogens (tertiary/aromatic N) is 3. The molecular weight excluding hydrogens is 355 g/mol. The number of rotatable bonds is 7. The smallest absolute Gasteiger partial charge is 0.423 e. The normalized spacial score (nSPS) is 11.4. The van der Waals surface area contributed by atoms with Crippen molar-refractivity contribution in [3.05, 3.63) is 41.0 Å². The molecule has 0 aliphatic carbocycles. The quantitative estimate of drug-likeness (QED) is 0.602. The van der Waals surface area contributed by atoms with Crippen LogP contribution < -0.4 is 9.64 Å². The Morgan fingerprint density at radius 1 is 1.24 bits per heavy atom. The number of hydrogen-bond donors (Lipinski definition) is 0. The number of alkyl halides is 3. The second-order valence-corrected chi connectivity index (χ2v) is 5.75. The Bertz CT molecular complexity index is 710. The van der Waals surface area contributed by atoms with E-state index in [9.17, 15) is 13.2 Å². The van der Waals surface area contributed by atoms with Crippen LogP contribution in [-0.2, 0) is 6.18 Å². The number of benzene rings is 1. The van der Waals surface area contributed by atoms with Crippen molar-refractivity contribution in [2.75, 3.05) is 18.1 Å². The highest BCUT2D eigenvalue weighted by Gasteiger charge is 2.36. The van der Waals surface area contributed by atoms with E-state index in [1.807, 2.05) is 13.8 Å². The van der Waals surface area contributed by atoms with Gasteiger partial charge in [0.15, 0.2) is 0 Å². The van der Waals surface area contributed by atoms with Gasteiger partial charge in [-0.25, -0.2) is 4.98 Å². The fourth-order valence-electron chi connectivity index (χ4n) is 2.19. The largest absolute Gasteiger partial charge is 0.477 e. The van der Waals surface area contributed by atoms with Gasteiger partial charge >= 0.3 is 6.18 Å². The molecule has 0 unspecified atom stereocenters. The lowest BCUT2D eigenvalue weighted by Gasteiger charge is -2.22. The van der Waals surface area contributed by atoms with Crippen LogP contribution in [0, 0.1) is 0 Å². The lowest BCUT2D eigenvalue weighted by molar-refractivity contribution is -0.139. The van der Waals surface area contributed by atoms with Crippen LogP contribution >= 0.6 is 11.6 Å². The van der Waals surface area contributed by atoms with Crippen molar-refractivity contribution in [2.45, 2.75) is 32.9 Å². The van der Waals surface area contributed by atoms with Gasteiger partial charge in [-0.1, -0.05) is 31.0 Å². The topological polar surface area (TPSA) is 38.2 Å². The summed E-state index contributed by atoms with van der Waals surface area (Å²) in [4.78, 5) is 9.57. The van der Waals surface area contributed by atoms with Crippen LogP contribution in [0.15, 0.2) is 30.5 Å². The summed E-state index contributed by atoms with van der Waals surface area (Å²) in [6.07, 6.45) is -2.37. The van der Waals surface area contributed by atoms with E-state index in [1.54, 1.807) is 29.2 Å². The van der Waals surface area contributed by atoms with E-state index in [4.69, 9.17) is 16.3 Å². The monoisotopic (exact) mass is 373 g/mol. The Morgan fingerprint density at radius 3 is 2.60 bits per heavy atom. The highest BCUT2D eigenvalue weighted by molar-refractivity contribution is 6.30. The van der Waals surface area contributed by atoms with Gasteiger partial charge in [-0.05, 0) is 31.5 Å². The van der Waals surface area contributed by atoms with Gasteiger partial charge in [0.25, 0.3) is 0 Å². The Hall–Kier alpha value is -2.02. The zero-order chi connectivity index (χ0) is 18.4. The maximum Gasteiger partial charge on any atom is 0.423 e. The summed E-state index contributed by atoms with van der Waals surface area (Å²) in [7, 11) is 0. The lowest BCUT2D eigenvalue weighted by Crippen LogP contribution is -2.21. The lowest BCUT2D eigenvalue weighted by atomic mass is 10.3. The molecule has 25 heavy (non-hydrogen) atoms. The molecule has 0 aliphatic rings. The zero-order valence-electron chi connectivity index (χ0n) is 14.0. The van der Waals surface area contributed by atoms with E-state index in [-0.39, 0.29) is 12.6 Å². The molecule has 8 heteroatoms. The number of unbranched alkanes of at least 4 members (excludes halogenated alkanes) is 1. The fraction of sp³-hybridized carbons (Fsp3) is 0.412. The van der Waals surface area contributed by atoms with Gasteiger partial charge in [-0.2, -0.15) is 18.2 Å². The third-order valence-corrected chi connectivity index (χ3v) is 3.70. The summed E-state index contributed by atoms with van der Waals surface area (Å²) in [5.41, 5.74) is -0.288. The van der Waals surface area contributed by atoms with E-state index < -0.39 is 17.6 Å². The Labute approximate surface area is 149 Å². The van der Waals surface area contributed by atoms with Gasteiger partial charge in [-0.15, -0.1) is 0 Å². The molecule has 0 radical (unpaired) electrons. The Kier molecular flexibility index (Phi) is 6.47. The molecule has 0 saturated carbocycles. The molecule has 4 nitrogen and oxygen atoms in total. The molecule has 1 aromatic carbocycles. The third-order valence-electron chi connectivity index (χ3n) is 3.46. The maximum absolute atomic E-state index is 13.2. The van der Waals surface area contributed by atoms with Crippen LogP contribution in [0.2, 0.25) is 5.02 Å². The predicted octanol–water partition coefficient (Wildman–Crippen LogP) is 5.49. The van der Waals surface area contributed by atoms with Crippen molar-refractivity contribution < 1.29 is 17.9 Å². The van der Waals surface area contributed by atoms with Crippen LogP contribution in [0.5, 0.6) is 5.88 Å². The summed E-state index contributed by atoms with van der Waals surface area (Å²) in [6.45, 7) is 4.40. The molecule has 0 amide bonds. The fourth-order valence-corrected chi connectivity index (χ4v) is 2.37. The maximum atomic E-state index is 13.2. The molecule has 0 saturated heterocycles. The SMILES string of the molecule is CCCCOc1nc(N(CC)c2cccc(Cl)c2)ncc1C(F)(F)F. The first kappa shape index (κ1) is 19.3. The molecule has 0 fully saturated rings. The first-order valence-electron chi connectivity index (χ1n) is 7.97. The minimum absolute atomic E-state index is 0.129. The van der Waals surface area contributed by atoms with Crippen LogP contribution in [0.3, 0.4) is 0 Å². The highest BCUT2D eigenvalue weighted by atomic mass is 35.5. The minimum atomic E-state index is -4.58. The van der Waals surface area contributed by atoms with Crippen molar-refractivity contribution in [1.82, 2.24) is 9.97 Å². The summed E-state index contributed by atoms with van der Waals surface area (Å²) in [6, 6.07) is 6.95. The van der Waals surface area contributed by atoms with Crippen LogP contribution in [0.1, 0.15) is 32.3 Å². The standard InChI is InChI=1S/C17H19ClF3N3O/c1-3-5-9-25-15-14(17(19,20)21)11-22-16(23-15)24(4-2)13-8-6-7-12(18)10-13/h6-8,10-11H,3-5,9H2,1-2H3. The highest BCUT2D eigenvalue weighted by Crippen LogP contribution is 2.36. The number of aromatic nitrogens is 2. The summed E-state index contributed by atoms with van der Waals surface area (Å²) in [5.74, 6) is -0.323. The minimum Gasteiger partial charge on any atom is -0.477 e. The molecule has 0 N–H and O–H groups in total. The number of ether oxygens (including phenoxy) is 1. The molecular formula is C17H19ClF3N3O. The molecule has 0 aliphatic heterocycles. The molecule has 0 spiro atoms. The molecule has 0 atom stereocenters. The van der Waals surface area contributed by atoms with Crippen molar-refractivity contribution in [1.29, 1.82) is 0 Å². The van der Waals surface area contributed by atoms with Gasteiger partial charge in [0.2, 0.25) is 11.8 Å². The first-order chi connectivity index (χ1) is 11.9. The molecule has 2 rings (SSSR count). The molecule has 1 aromatic heterocycles. The van der Waals surface area contributed by atoms with Crippen LogP contribution in [0.25, 0.3) is 0 Å². The Balaban J connectivity index is 2.41. The van der Waals surface area contributed by atoms with E-state index in [0.29, 0.717) is 23.7 Å². The van der Waals surface area contributed by atoms with E-state index in [0.717, 1.165) is 12.6 Å². The van der Waals surface area contributed by atoms with Gasteiger partial charge < -0.3 is 9.64 Å². The van der Waals surface area contributed by atoms with Gasteiger partial charge in [0.05, 0.1) is 6.61 Å². The van der Waals surface area contributed by atoms with Crippen molar-refractivity contribution in [3.8, 4) is 5.88 Å². The summed E-state index contributed by atoms with van der Waals surface area (Å²) in [5, 5.41) is 0.516. The number of halogens is 4. The number of hydrogen-bond acceptors (Lipinski definition) is 4. The number of anilines is 2. The van der Waals surface area contributed by atoms with Gasteiger partial charge in [0.1, 0.15) is 5.56 Å². The van der Waals surface area contributed by atoms with E-state index in [1.165, 1.54) is 0 Å². The first-order valence-corrected chi connectivity index (χ1v) is 8.34. The molecule has 2 aromatic rings. The average molecular weight is 374 g/mol. The molecule has 136 valence electrons. The predicted molar refractivity (Wildman–Crippen MR) is 91.6 cm³/mol. The van der Waals surface area contributed by atoms with Gasteiger partial charge in [-0.3, -0.25) is 0 Å².